The fraction of sp³-hybridized carbons (Fsp3) is 0.818. The summed E-state index contributed by atoms with van der Waals surface area (Å²) in [5.74, 6) is 4.11. The van der Waals surface area contributed by atoms with Crippen LogP contribution in [-0.4, -0.2) is 6.54 Å². The van der Waals surface area contributed by atoms with Crippen LogP contribution in [0.5, 0.6) is 0 Å². The minimum atomic E-state index is 0.778. The predicted octanol–water partition coefficient (Wildman–Crippen LogP) is 2.04. The fourth-order valence-electron chi connectivity index (χ4n) is 3.28. The summed E-state index contributed by atoms with van der Waals surface area (Å²) in [6.45, 7) is 5.55. The summed E-state index contributed by atoms with van der Waals surface area (Å²) in [5, 5.41) is 0. The molecule has 2 aliphatic rings. The van der Waals surface area contributed by atoms with E-state index in [2.05, 4.69) is 26.0 Å². The van der Waals surface area contributed by atoms with Crippen molar-refractivity contribution < 1.29 is 0 Å². The molecule has 1 fully saturated rings. The normalized spacial score (nSPS) is 44.7. The van der Waals surface area contributed by atoms with E-state index in [0.29, 0.717) is 0 Å². The number of hydrogen-bond acceptors (Lipinski definition) is 1. The maximum absolute atomic E-state index is 5.81. The molecule has 1 nitrogen and oxygen atoms in total. The average Bonchev–Trinajstić information content (AvgIpc) is 2.60. The molecule has 12 heavy (non-hydrogen) atoms. The molecule has 2 N–H and O–H groups in total. The highest BCUT2D eigenvalue weighted by atomic mass is 14.6. The van der Waals surface area contributed by atoms with Crippen LogP contribution >= 0.6 is 0 Å². The topological polar surface area (TPSA) is 26.0 Å². The van der Waals surface area contributed by atoms with E-state index in [1.165, 1.54) is 6.42 Å². The van der Waals surface area contributed by atoms with Gasteiger partial charge in [0, 0.05) is 0 Å². The maximum Gasteiger partial charge on any atom is -0.00403 e. The fourth-order valence-corrected chi connectivity index (χ4v) is 3.28. The van der Waals surface area contributed by atoms with Crippen molar-refractivity contribution >= 4 is 0 Å². The van der Waals surface area contributed by atoms with Crippen molar-refractivity contribution in [2.24, 2.45) is 35.3 Å². The van der Waals surface area contributed by atoms with E-state index in [4.69, 9.17) is 5.73 Å². The van der Waals surface area contributed by atoms with Crippen LogP contribution < -0.4 is 5.73 Å². The molecule has 4 unspecified atom stereocenters. The molecule has 1 saturated carbocycles. The highest BCUT2D eigenvalue weighted by Gasteiger charge is 2.44. The summed E-state index contributed by atoms with van der Waals surface area (Å²) in [7, 11) is 0. The maximum atomic E-state index is 5.81. The average molecular weight is 165 g/mol. The molecule has 2 rings (SSSR count). The van der Waals surface area contributed by atoms with Gasteiger partial charge in [0.2, 0.25) is 0 Å². The molecule has 0 aromatic heterocycles. The summed E-state index contributed by atoms with van der Waals surface area (Å²) in [4.78, 5) is 0. The van der Waals surface area contributed by atoms with Crippen LogP contribution in [0.1, 0.15) is 20.3 Å². The second kappa shape index (κ2) is 2.88. The molecular weight excluding hydrogens is 146 g/mol. The molecule has 0 spiro atoms. The zero-order valence-corrected chi connectivity index (χ0v) is 8.03. The third kappa shape index (κ3) is 1.03. The Balaban J connectivity index is 2.17. The lowest BCUT2D eigenvalue weighted by atomic mass is 9.76. The Kier molecular flexibility index (Phi) is 1.99. The van der Waals surface area contributed by atoms with Gasteiger partial charge in [0.1, 0.15) is 0 Å². The van der Waals surface area contributed by atoms with Crippen molar-refractivity contribution in [3.05, 3.63) is 12.2 Å². The Morgan fingerprint density at radius 2 is 2.00 bits per heavy atom. The highest BCUT2D eigenvalue weighted by Crippen LogP contribution is 2.50. The van der Waals surface area contributed by atoms with Gasteiger partial charge >= 0.3 is 0 Å². The highest BCUT2D eigenvalue weighted by molar-refractivity contribution is 5.14. The number of fused-ring (bicyclic) bond motifs is 2. The first-order valence-electron chi connectivity index (χ1n) is 5.12. The first-order valence-corrected chi connectivity index (χ1v) is 5.12. The first-order chi connectivity index (χ1) is 5.74. The molecule has 0 saturated heterocycles. The molecule has 68 valence electrons. The van der Waals surface area contributed by atoms with Gasteiger partial charge in [-0.1, -0.05) is 26.0 Å². The van der Waals surface area contributed by atoms with Crippen molar-refractivity contribution in [1.29, 1.82) is 0 Å². The van der Waals surface area contributed by atoms with Crippen molar-refractivity contribution in [3.8, 4) is 0 Å². The van der Waals surface area contributed by atoms with E-state index in [1.807, 2.05) is 0 Å². The summed E-state index contributed by atoms with van der Waals surface area (Å²) in [5.41, 5.74) is 5.81. The van der Waals surface area contributed by atoms with Gasteiger partial charge in [0.15, 0.2) is 0 Å². The largest absolute Gasteiger partial charge is 0.330 e. The molecule has 4 atom stereocenters. The van der Waals surface area contributed by atoms with Gasteiger partial charge in [-0.05, 0) is 42.6 Å². The van der Waals surface area contributed by atoms with E-state index >= 15 is 0 Å². The van der Waals surface area contributed by atoms with Crippen LogP contribution in [0.25, 0.3) is 0 Å². The van der Waals surface area contributed by atoms with E-state index in [-0.39, 0.29) is 0 Å². The number of nitrogens with two attached hydrogens (primary N) is 1. The minimum absolute atomic E-state index is 0.778. The molecule has 1 heteroatoms. The standard InChI is InChI=1S/C11H19N/c1-7(2)11-9-4-3-8(5-9)10(11)6-12/h3-4,7-11H,5-6,12H2,1-2H3. The van der Waals surface area contributed by atoms with Crippen molar-refractivity contribution in [1.82, 2.24) is 0 Å². The second-order valence-electron chi connectivity index (χ2n) is 4.67. The lowest BCUT2D eigenvalue weighted by Crippen LogP contribution is -2.30. The quantitative estimate of drug-likeness (QED) is 0.623. The van der Waals surface area contributed by atoms with Crippen molar-refractivity contribution in [2.75, 3.05) is 6.54 Å². The van der Waals surface area contributed by atoms with Gasteiger partial charge in [-0.25, -0.2) is 0 Å². The van der Waals surface area contributed by atoms with Crippen LogP contribution in [-0.2, 0) is 0 Å². The van der Waals surface area contributed by atoms with Gasteiger partial charge in [-0.2, -0.15) is 0 Å². The molecule has 0 aromatic rings. The second-order valence-corrected chi connectivity index (χ2v) is 4.67. The third-order valence-corrected chi connectivity index (χ3v) is 3.73. The minimum Gasteiger partial charge on any atom is -0.330 e. The molecule has 0 amide bonds. The SMILES string of the molecule is CC(C)C1C2C=CC(C2)C1CN. The Morgan fingerprint density at radius 1 is 1.33 bits per heavy atom. The van der Waals surface area contributed by atoms with Crippen LogP contribution in [0.4, 0.5) is 0 Å². The lowest BCUT2D eigenvalue weighted by Gasteiger charge is -2.30. The first kappa shape index (κ1) is 8.31. The van der Waals surface area contributed by atoms with E-state index in [9.17, 15) is 0 Å². The van der Waals surface area contributed by atoms with Gasteiger partial charge in [-0.15, -0.1) is 0 Å². The summed E-state index contributed by atoms with van der Waals surface area (Å²) < 4.78 is 0. The van der Waals surface area contributed by atoms with Gasteiger partial charge < -0.3 is 5.73 Å². The lowest BCUT2D eigenvalue weighted by molar-refractivity contribution is 0.240. The molecule has 0 aliphatic heterocycles. The molecular formula is C11H19N. The van der Waals surface area contributed by atoms with Crippen LogP contribution in [0, 0.1) is 29.6 Å². The Bertz CT molecular complexity index is 195. The van der Waals surface area contributed by atoms with Gasteiger partial charge in [-0.3, -0.25) is 0 Å². The molecule has 2 bridgehead atoms. The van der Waals surface area contributed by atoms with E-state index in [0.717, 1.165) is 36.1 Å². The third-order valence-electron chi connectivity index (χ3n) is 3.73. The van der Waals surface area contributed by atoms with Crippen molar-refractivity contribution in [3.63, 3.8) is 0 Å². The Morgan fingerprint density at radius 3 is 2.50 bits per heavy atom. The molecule has 2 aliphatic carbocycles. The van der Waals surface area contributed by atoms with Gasteiger partial charge in [0.25, 0.3) is 0 Å². The van der Waals surface area contributed by atoms with Crippen LogP contribution in [0.3, 0.4) is 0 Å². The zero-order chi connectivity index (χ0) is 8.72. The van der Waals surface area contributed by atoms with Crippen molar-refractivity contribution in [2.45, 2.75) is 20.3 Å². The number of hydrogen-bond donors (Lipinski definition) is 1. The summed E-state index contributed by atoms with van der Waals surface area (Å²) >= 11 is 0. The molecule has 0 aromatic carbocycles. The molecule has 0 radical (unpaired) electrons. The number of rotatable bonds is 2. The van der Waals surface area contributed by atoms with Gasteiger partial charge in [0.05, 0.1) is 0 Å². The Hall–Kier alpha value is -0.300. The smallest absolute Gasteiger partial charge is 0.00403 e. The summed E-state index contributed by atoms with van der Waals surface area (Å²) in [6.07, 6.45) is 6.19. The monoisotopic (exact) mass is 165 g/mol. The number of allylic oxidation sites excluding steroid dienone is 2. The van der Waals surface area contributed by atoms with Crippen LogP contribution in [0.2, 0.25) is 0 Å². The predicted molar refractivity (Wildman–Crippen MR) is 51.6 cm³/mol. The summed E-state index contributed by atoms with van der Waals surface area (Å²) in [6, 6.07) is 0. The van der Waals surface area contributed by atoms with E-state index < -0.39 is 0 Å². The zero-order valence-electron chi connectivity index (χ0n) is 8.03. The van der Waals surface area contributed by atoms with E-state index in [1.54, 1.807) is 0 Å². The van der Waals surface area contributed by atoms with Crippen LogP contribution in [0.15, 0.2) is 12.2 Å². The Labute approximate surface area is 75.0 Å². The molecule has 0 heterocycles.